The molecule has 0 unspecified atom stereocenters. The summed E-state index contributed by atoms with van der Waals surface area (Å²) in [5, 5.41) is 0. The average Bonchev–Trinajstić information content (AvgIpc) is 2.71. The molecule has 0 aliphatic heterocycles. The summed E-state index contributed by atoms with van der Waals surface area (Å²) in [6.07, 6.45) is 7.03. The Morgan fingerprint density at radius 1 is 1.23 bits per heavy atom. The summed E-state index contributed by atoms with van der Waals surface area (Å²) in [5.74, 6) is 1.57. The van der Waals surface area contributed by atoms with Gasteiger partial charge in [-0.2, -0.15) is 0 Å². The van der Waals surface area contributed by atoms with Crippen molar-refractivity contribution >= 4 is 0 Å². The molecule has 13 heavy (non-hydrogen) atoms. The highest BCUT2D eigenvalue weighted by Crippen LogP contribution is 2.29. The molecule has 1 atom stereocenters. The number of allylic oxidation sites excluding steroid dienone is 2. The minimum absolute atomic E-state index is 0.630. The van der Waals surface area contributed by atoms with Crippen LogP contribution >= 0.6 is 0 Å². The maximum atomic E-state index is 5.11. The van der Waals surface area contributed by atoms with Crippen molar-refractivity contribution in [2.45, 2.75) is 18.8 Å². The molecule has 0 amide bonds. The number of benzene rings is 1. The van der Waals surface area contributed by atoms with Crippen LogP contribution in [0.5, 0.6) is 5.75 Å². The molecule has 1 aliphatic carbocycles. The first kappa shape index (κ1) is 8.36. The fourth-order valence-electron chi connectivity index (χ4n) is 1.76. The van der Waals surface area contributed by atoms with Gasteiger partial charge in [0.25, 0.3) is 0 Å². The van der Waals surface area contributed by atoms with Crippen LogP contribution in [0.4, 0.5) is 0 Å². The molecular weight excluding hydrogens is 160 g/mol. The second kappa shape index (κ2) is 3.65. The summed E-state index contributed by atoms with van der Waals surface area (Å²) >= 11 is 0. The molecule has 0 bridgehead atoms. The van der Waals surface area contributed by atoms with Crippen LogP contribution in [-0.2, 0) is 0 Å². The third-order valence-corrected chi connectivity index (χ3v) is 2.56. The van der Waals surface area contributed by atoms with Crippen molar-refractivity contribution < 1.29 is 4.74 Å². The lowest BCUT2D eigenvalue weighted by molar-refractivity contribution is 0.414. The lowest BCUT2D eigenvalue weighted by Gasteiger charge is -2.08. The molecule has 2 rings (SSSR count). The van der Waals surface area contributed by atoms with Crippen LogP contribution in [0.3, 0.4) is 0 Å². The maximum absolute atomic E-state index is 5.11. The van der Waals surface area contributed by atoms with Crippen molar-refractivity contribution in [3.63, 3.8) is 0 Å². The van der Waals surface area contributed by atoms with E-state index in [4.69, 9.17) is 4.74 Å². The van der Waals surface area contributed by atoms with Gasteiger partial charge in [-0.25, -0.2) is 0 Å². The minimum Gasteiger partial charge on any atom is -0.497 e. The molecule has 1 nitrogen and oxygen atoms in total. The van der Waals surface area contributed by atoms with E-state index in [9.17, 15) is 0 Å². The van der Waals surface area contributed by atoms with Crippen LogP contribution in [0.25, 0.3) is 0 Å². The number of hydrogen-bond acceptors (Lipinski definition) is 1. The first-order valence-corrected chi connectivity index (χ1v) is 4.71. The number of hydrogen-bond donors (Lipinski definition) is 0. The largest absolute Gasteiger partial charge is 0.497 e. The molecule has 1 aromatic rings. The van der Waals surface area contributed by atoms with E-state index in [0.717, 1.165) is 5.75 Å². The first-order valence-electron chi connectivity index (χ1n) is 4.71. The van der Waals surface area contributed by atoms with Crippen molar-refractivity contribution in [3.05, 3.63) is 42.0 Å². The van der Waals surface area contributed by atoms with Crippen molar-refractivity contribution in [2.75, 3.05) is 7.11 Å². The van der Waals surface area contributed by atoms with E-state index < -0.39 is 0 Å². The molecule has 0 N–H and O–H groups in total. The standard InChI is InChI=1S/C12H14O/c1-13-12-8-6-11(7-9-12)10-4-2-3-5-10/h2,4,6-10H,3,5H2,1H3/t10-/m1/s1. The molecule has 1 heteroatoms. The van der Waals surface area contributed by atoms with Gasteiger partial charge in [-0.05, 0) is 30.5 Å². The summed E-state index contributed by atoms with van der Waals surface area (Å²) in [6.45, 7) is 0. The van der Waals surface area contributed by atoms with Gasteiger partial charge < -0.3 is 4.74 Å². The molecule has 1 aromatic carbocycles. The van der Waals surface area contributed by atoms with E-state index in [2.05, 4.69) is 24.3 Å². The van der Waals surface area contributed by atoms with Crippen LogP contribution in [0, 0.1) is 0 Å². The van der Waals surface area contributed by atoms with E-state index in [1.165, 1.54) is 18.4 Å². The highest BCUT2D eigenvalue weighted by molar-refractivity contribution is 5.32. The molecule has 0 saturated carbocycles. The van der Waals surface area contributed by atoms with Crippen LogP contribution in [0.15, 0.2) is 36.4 Å². The minimum atomic E-state index is 0.630. The van der Waals surface area contributed by atoms with E-state index in [0.29, 0.717) is 5.92 Å². The highest BCUT2D eigenvalue weighted by atomic mass is 16.5. The molecule has 0 saturated heterocycles. The zero-order valence-electron chi connectivity index (χ0n) is 7.86. The summed E-state index contributed by atoms with van der Waals surface area (Å²) < 4.78 is 5.11. The third kappa shape index (κ3) is 1.74. The number of rotatable bonds is 2. The highest BCUT2D eigenvalue weighted by Gasteiger charge is 2.10. The predicted molar refractivity (Wildman–Crippen MR) is 54.1 cm³/mol. The zero-order valence-corrected chi connectivity index (χ0v) is 7.86. The average molecular weight is 174 g/mol. The van der Waals surface area contributed by atoms with Crippen molar-refractivity contribution in [3.8, 4) is 5.75 Å². The summed E-state index contributed by atoms with van der Waals surface area (Å²) in [5.41, 5.74) is 1.40. The summed E-state index contributed by atoms with van der Waals surface area (Å²) in [4.78, 5) is 0. The Balaban J connectivity index is 2.17. The third-order valence-electron chi connectivity index (χ3n) is 2.56. The van der Waals surface area contributed by atoms with Crippen molar-refractivity contribution in [1.82, 2.24) is 0 Å². The molecule has 0 heterocycles. The lowest BCUT2D eigenvalue weighted by atomic mass is 9.99. The van der Waals surface area contributed by atoms with Crippen LogP contribution in [0.2, 0.25) is 0 Å². The van der Waals surface area contributed by atoms with Crippen LogP contribution in [0.1, 0.15) is 24.3 Å². The molecule has 0 fully saturated rings. The smallest absolute Gasteiger partial charge is 0.118 e. The maximum Gasteiger partial charge on any atom is 0.118 e. The molecular formula is C12H14O. The van der Waals surface area contributed by atoms with E-state index in [1.807, 2.05) is 12.1 Å². The molecule has 0 spiro atoms. The Morgan fingerprint density at radius 3 is 2.54 bits per heavy atom. The molecule has 0 radical (unpaired) electrons. The van der Waals surface area contributed by atoms with Gasteiger partial charge in [-0.15, -0.1) is 0 Å². The summed E-state index contributed by atoms with van der Waals surface area (Å²) in [6, 6.07) is 8.36. The lowest BCUT2D eigenvalue weighted by Crippen LogP contribution is -1.90. The SMILES string of the molecule is COc1ccc([C@@H]2C=CCC2)cc1. The van der Waals surface area contributed by atoms with Gasteiger partial charge in [-0.3, -0.25) is 0 Å². The first-order chi connectivity index (χ1) is 6.40. The fraction of sp³-hybridized carbons (Fsp3) is 0.333. The Hall–Kier alpha value is -1.24. The quantitative estimate of drug-likeness (QED) is 0.626. The second-order valence-electron chi connectivity index (χ2n) is 3.39. The molecule has 0 aromatic heterocycles. The van der Waals surface area contributed by atoms with E-state index >= 15 is 0 Å². The Labute approximate surface area is 79.0 Å². The predicted octanol–water partition coefficient (Wildman–Crippen LogP) is 3.13. The number of ether oxygens (including phenoxy) is 1. The fourth-order valence-corrected chi connectivity index (χ4v) is 1.76. The van der Waals surface area contributed by atoms with E-state index in [1.54, 1.807) is 7.11 Å². The monoisotopic (exact) mass is 174 g/mol. The van der Waals surface area contributed by atoms with Crippen LogP contribution in [-0.4, -0.2) is 7.11 Å². The van der Waals surface area contributed by atoms with Gasteiger partial charge in [0.15, 0.2) is 0 Å². The van der Waals surface area contributed by atoms with Gasteiger partial charge in [0.1, 0.15) is 5.75 Å². The van der Waals surface area contributed by atoms with Gasteiger partial charge in [0, 0.05) is 5.92 Å². The molecule has 1 aliphatic rings. The number of methoxy groups -OCH3 is 1. The van der Waals surface area contributed by atoms with E-state index in [-0.39, 0.29) is 0 Å². The van der Waals surface area contributed by atoms with Gasteiger partial charge in [0.05, 0.1) is 7.11 Å². The van der Waals surface area contributed by atoms with Crippen molar-refractivity contribution in [1.29, 1.82) is 0 Å². The summed E-state index contributed by atoms with van der Waals surface area (Å²) in [7, 11) is 1.70. The van der Waals surface area contributed by atoms with Gasteiger partial charge in [0.2, 0.25) is 0 Å². The van der Waals surface area contributed by atoms with Gasteiger partial charge >= 0.3 is 0 Å². The normalized spacial score (nSPS) is 20.5. The Morgan fingerprint density at radius 2 is 2.00 bits per heavy atom. The van der Waals surface area contributed by atoms with Crippen molar-refractivity contribution in [2.24, 2.45) is 0 Å². The zero-order chi connectivity index (χ0) is 9.10. The Kier molecular flexibility index (Phi) is 2.35. The second-order valence-corrected chi connectivity index (χ2v) is 3.39. The molecule has 68 valence electrons. The Bertz CT molecular complexity index is 297. The topological polar surface area (TPSA) is 9.23 Å². The van der Waals surface area contributed by atoms with Gasteiger partial charge in [-0.1, -0.05) is 24.3 Å². The van der Waals surface area contributed by atoms with Crippen LogP contribution < -0.4 is 4.74 Å².